The van der Waals surface area contributed by atoms with Gasteiger partial charge in [0, 0.05) is 49.1 Å². The molecule has 1 aliphatic rings. The Labute approximate surface area is 112 Å². The molecule has 1 fully saturated rings. The number of benzene rings is 1. The van der Waals surface area contributed by atoms with Crippen molar-refractivity contribution < 1.29 is 9.90 Å². The number of H-pyrrole nitrogens is 1. The zero-order valence-corrected chi connectivity index (χ0v) is 10.8. The number of carbonyl (C=O) groups excluding carboxylic acids is 1. The van der Waals surface area contributed by atoms with Gasteiger partial charge in [-0.1, -0.05) is 18.2 Å². The number of hydrogen-bond donors (Lipinski definition) is 2. The molecule has 1 aliphatic heterocycles. The minimum atomic E-state index is 0.187. The molecule has 2 aromatic rings. The maximum atomic E-state index is 12.0. The van der Waals surface area contributed by atoms with Crippen molar-refractivity contribution >= 4 is 16.8 Å². The van der Waals surface area contributed by atoms with E-state index in [-0.39, 0.29) is 18.4 Å². The summed E-state index contributed by atoms with van der Waals surface area (Å²) < 4.78 is 0. The van der Waals surface area contributed by atoms with E-state index in [2.05, 4.69) is 11.1 Å². The van der Waals surface area contributed by atoms with Crippen LogP contribution < -0.4 is 0 Å². The van der Waals surface area contributed by atoms with Gasteiger partial charge in [0.05, 0.1) is 0 Å². The van der Waals surface area contributed by atoms with Crippen LogP contribution in [0.3, 0.4) is 0 Å². The second-order valence-electron chi connectivity index (χ2n) is 5.21. The Morgan fingerprint density at radius 3 is 2.95 bits per heavy atom. The third-order valence-electron chi connectivity index (χ3n) is 3.85. The van der Waals surface area contributed by atoms with E-state index in [0.717, 1.165) is 11.9 Å². The molecule has 1 aromatic heterocycles. The monoisotopic (exact) mass is 258 g/mol. The Morgan fingerprint density at radius 1 is 1.37 bits per heavy atom. The Morgan fingerprint density at radius 2 is 2.16 bits per heavy atom. The van der Waals surface area contributed by atoms with E-state index >= 15 is 0 Å². The number of para-hydroxylation sites is 1. The van der Waals surface area contributed by atoms with E-state index in [1.807, 2.05) is 29.3 Å². The van der Waals surface area contributed by atoms with Gasteiger partial charge in [-0.15, -0.1) is 0 Å². The number of aromatic nitrogens is 1. The Hall–Kier alpha value is -1.81. The first-order valence-corrected chi connectivity index (χ1v) is 6.71. The van der Waals surface area contributed by atoms with Crippen molar-refractivity contribution in [2.75, 3.05) is 19.7 Å². The van der Waals surface area contributed by atoms with Crippen molar-refractivity contribution in [1.82, 2.24) is 9.88 Å². The summed E-state index contributed by atoms with van der Waals surface area (Å²) in [5.41, 5.74) is 2.32. The molecule has 100 valence electrons. The highest BCUT2D eigenvalue weighted by atomic mass is 16.3. The average Bonchev–Trinajstić information content (AvgIpc) is 2.78. The highest BCUT2D eigenvalue weighted by molar-refractivity contribution is 5.84. The van der Waals surface area contributed by atoms with E-state index in [1.165, 1.54) is 10.9 Å². The molecule has 0 bridgehead atoms. The van der Waals surface area contributed by atoms with Crippen LogP contribution in [0.4, 0.5) is 0 Å². The van der Waals surface area contributed by atoms with Crippen molar-refractivity contribution in [3.05, 3.63) is 36.0 Å². The van der Waals surface area contributed by atoms with Gasteiger partial charge < -0.3 is 15.0 Å². The fourth-order valence-corrected chi connectivity index (χ4v) is 2.63. The predicted molar refractivity (Wildman–Crippen MR) is 73.8 cm³/mol. The summed E-state index contributed by atoms with van der Waals surface area (Å²) >= 11 is 0. The molecule has 0 atom stereocenters. The molecule has 0 saturated carbocycles. The van der Waals surface area contributed by atoms with E-state index in [0.29, 0.717) is 19.5 Å². The number of hydrogen-bond acceptors (Lipinski definition) is 2. The molecule has 1 aromatic carbocycles. The number of rotatable bonds is 4. The van der Waals surface area contributed by atoms with E-state index < -0.39 is 0 Å². The predicted octanol–water partition coefficient (Wildman–Crippen LogP) is 1.55. The van der Waals surface area contributed by atoms with Crippen LogP contribution in [-0.2, 0) is 11.2 Å². The first-order chi connectivity index (χ1) is 9.28. The number of likely N-dealkylation sites (tertiary alicyclic amines) is 1. The summed E-state index contributed by atoms with van der Waals surface area (Å²) in [4.78, 5) is 17.0. The average molecular weight is 258 g/mol. The second-order valence-corrected chi connectivity index (χ2v) is 5.21. The van der Waals surface area contributed by atoms with E-state index in [1.54, 1.807) is 0 Å². The third-order valence-corrected chi connectivity index (χ3v) is 3.85. The number of fused-ring (bicyclic) bond motifs is 1. The lowest BCUT2D eigenvalue weighted by Crippen LogP contribution is -2.51. The van der Waals surface area contributed by atoms with Gasteiger partial charge in [0.1, 0.15) is 0 Å². The van der Waals surface area contributed by atoms with Gasteiger partial charge in [-0.25, -0.2) is 0 Å². The molecule has 3 rings (SSSR count). The van der Waals surface area contributed by atoms with E-state index in [4.69, 9.17) is 5.11 Å². The van der Waals surface area contributed by atoms with E-state index in [9.17, 15) is 4.79 Å². The molecule has 0 unspecified atom stereocenters. The molecule has 2 N–H and O–H groups in total. The van der Waals surface area contributed by atoms with Crippen LogP contribution >= 0.6 is 0 Å². The van der Waals surface area contributed by atoms with Gasteiger partial charge in [-0.05, 0) is 18.1 Å². The highest BCUT2D eigenvalue weighted by Crippen LogP contribution is 2.21. The smallest absolute Gasteiger partial charge is 0.222 e. The molecule has 0 radical (unpaired) electrons. The maximum Gasteiger partial charge on any atom is 0.222 e. The van der Waals surface area contributed by atoms with Crippen molar-refractivity contribution in [3.63, 3.8) is 0 Å². The number of amides is 1. The number of aryl methyl sites for hydroxylation is 1. The molecule has 0 spiro atoms. The van der Waals surface area contributed by atoms with Crippen molar-refractivity contribution in [1.29, 1.82) is 0 Å². The van der Waals surface area contributed by atoms with Crippen LogP contribution in [-0.4, -0.2) is 40.6 Å². The number of nitrogens with one attached hydrogen (secondary N) is 1. The summed E-state index contributed by atoms with van der Waals surface area (Å²) in [5, 5.41) is 10.1. The molecular formula is C15H18N2O2. The lowest BCUT2D eigenvalue weighted by atomic mass is 10.00. The number of aliphatic hydroxyl groups excluding tert-OH is 1. The van der Waals surface area contributed by atoms with Gasteiger partial charge in [-0.2, -0.15) is 0 Å². The highest BCUT2D eigenvalue weighted by Gasteiger charge is 2.29. The molecule has 1 amide bonds. The summed E-state index contributed by atoms with van der Waals surface area (Å²) in [6, 6.07) is 8.14. The standard InChI is InChI=1S/C15H18N2O2/c18-10-11-8-17(9-11)15(19)6-5-12-7-16-14-4-2-1-3-13(12)14/h1-4,7,11,16,18H,5-6,8-10H2. The van der Waals surface area contributed by atoms with Gasteiger partial charge >= 0.3 is 0 Å². The minimum absolute atomic E-state index is 0.187. The summed E-state index contributed by atoms with van der Waals surface area (Å²) in [7, 11) is 0. The zero-order chi connectivity index (χ0) is 13.2. The third kappa shape index (κ3) is 2.36. The van der Waals surface area contributed by atoms with Crippen LogP contribution in [0.1, 0.15) is 12.0 Å². The van der Waals surface area contributed by atoms with Gasteiger partial charge in [-0.3, -0.25) is 4.79 Å². The van der Waals surface area contributed by atoms with Gasteiger partial charge in [0.15, 0.2) is 0 Å². The minimum Gasteiger partial charge on any atom is -0.396 e. The summed E-state index contributed by atoms with van der Waals surface area (Å²) in [5.74, 6) is 0.479. The first kappa shape index (κ1) is 12.2. The zero-order valence-electron chi connectivity index (χ0n) is 10.8. The summed E-state index contributed by atoms with van der Waals surface area (Å²) in [6.45, 7) is 1.61. The Bertz CT molecular complexity index is 585. The van der Waals surface area contributed by atoms with Crippen LogP contribution in [0, 0.1) is 5.92 Å². The topological polar surface area (TPSA) is 56.3 Å². The maximum absolute atomic E-state index is 12.0. The second kappa shape index (κ2) is 5.05. The molecule has 19 heavy (non-hydrogen) atoms. The van der Waals surface area contributed by atoms with Crippen LogP contribution in [0.2, 0.25) is 0 Å². The molecule has 4 nitrogen and oxygen atoms in total. The number of aromatic amines is 1. The van der Waals surface area contributed by atoms with Crippen LogP contribution in [0.15, 0.2) is 30.5 Å². The number of nitrogens with zero attached hydrogens (tertiary/aromatic N) is 1. The van der Waals surface area contributed by atoms with Gasteiger partial charge in [0.2, 0.25) is 5.91 Å². The summed E-state index contributed by atoms with van der Waals surface area (Å²) in [6.07, 6.45) is 3.30. The Balaban J connectivity index is 1.59. The lowest BCUT2D eigenvalue weighted by Gasteiger charge is -2.38. The lowest BCUT2D eigenvalue weighted by molar-refractivity contribution is -0.138. The molecular weight excluding hydrogens is 240 g/mol. The fourth-order valence-electron chi connectivity index (χ4n) is 2.63. The SMILES string of the molecule is O=C(CCc1c[nH]c2ccccc12)N1CC(CO)C1. The quantitative estimate of drug-likeness (QED) is 0.874. The molecule has 4 heteroatoms. The molecule has 2 heterocycles. The Kier molecular flexibility index (Phi) is 3.25. The fraction of sp³-hybridized carbons (Fsp3) is 0.400. The number of carbonyl (C=O) groups is 1. The normalized spacial score (nSPS) is 15.7. The van der Waals surface area contributed by atoms with Crippen molar-refractivity contribution in [3.8, 4) is 0 Å². The van der Waals surface area contributed by atoms with Crippen LogP contribution in [0.25, 0.3) is 10.9 Å². The van der Waals surface area contributed by atoms with Crippen LogP contribution in [0.5, 0.6) is 0 Å². The van der Waals surface area contributed by atoms with Crippen molar-refractivity contribution in [2.45, 2.75) is 12.8 Å². The van der Waals surface area contributed by atoms with Gasteiger partial charge in [0.25, 0.3) is 0 Å². The molecule has 0 aliphatic carbocycles. The largest absolute Gasteiger partial charge is 0.396 e. The van der Waals surface area contributed by atoms with Crippen molar-refractivity contribution in [2.24, 2.45) is 5.92 Å². The number of aliphatic hydroxyl groups is 1. The molecule has 1 saturated heterocycles. The first-order valence-electron chi connectivity index (χ1n) is 6.71.